The normalized spacial score (nSPS) is 17.9. The van der Waals surface area contributed by atoms with Crippen LogP contribution in [0.5, 0.6) is 0 Å². The van der Waals surface area contributed by atoms with E-state index in [0.29, 0.717) is 5.30 Å². The van der Waals surface area contributed by atoms with Gasteiger partial charge in [-0.25, -0.2) is 0 Å². The van der Waals surface area contributed by atoms with Crippen LogP contribution in [-0.4, -0.2) is 17.7 Å². The Labute approximate surface area is 240 Å². The van der Waals surface area contributed by atoms with Crippen LogP contribution in [0.15, 0.2) is 91.0 Å². The number of benzene rings is 3. The van der Waals surface area contributed by atoms with E-state index in [2.05, 4.69) is 31.2 Å². The van der Waals surface area contributed by atoms with Gasteiger partial charge in [0.2, 0.25) is 0 Å². The second-order valence-corrected chi connectivity index (χ2v) is 13.3. The first-order valence-electron chi connectivity index (χ1n) is 12.1. The molecule has 0 bridgehead atoms. The van der Waals surface area contributed by atoms with Gasteiger partial charge < -0.3 is 0 Å². The van der Waals surface area contributed by atoms with Gasteiger partial charge in [-0.3, -0.25) is 0 Å². The molecule has 0 aliphatic heterocycles. The number of hydrogen-bond acceptors (Lipinski definition) is 0. The zero-order chi connectivity index (χ0) is 26.1. The van der Waals surface area contributed by atoms with Gasteiger partial charge in [-0.1, -0.05) is 97.9 Å². The molecule has 3 aromatic rings. The molecule has 6 heteroatoms. The molecule has 0 amide bonds. The van der Waals surface area contributed by atoms with Gasteiger partial charge in [0, 0.05) is 7.92 Å². The fourth-order valence-corrected chi connectivity index (χ4v) is 8.89. The average molecular weight is 588 g/mol. The van der Waals surface area contributed by atoms with Crippen molar-refractivity contribution in [1.29, 1.82) is 0 Å². The van der Waals surface area contributed by atoms with Crippen molar-refractivity contribution >= 4 is 31.8 Å². The van der Waals surface area contributed by atoms with Crippen molar-refractivity contribution in [3.05, 3.63) is 154 Å². The van der Waals surface area contributed by atoms with E-state index in [1.54, 1.807) is 30.3 Å². The van der Waals surface area contributed by atoms with Gasteiger partial charge in [0.25, 0.3) is 0 Å². The summed E-state index contributed by atoms with van der Waals surface area (Å²) in [5.74, 6) is -2.40. The molecule has 38 heavy (non-hydrogen) atoms. The van der Waals surface area contributed by atoms with Crippen molar-refractivity contribution in [3.8, 4) is 0 Å². The van der Waals surface area contributed by atoms with Gasteiger partial charge >= 0.3 is 23.0 Å². The van der Waals surface area contributed by atoms with Crippen LogP contribution >= 0.6 is 15.8 Å². The molecule has 0 unspecified atom stereocenters. The Morgan fingerprint density at radius 3 is 1.45 bits per heavy atom. The molecule has 10 radical (unpaired) electrons. The van der Waals surface area contributed by atoms with Gasteiger partial charge in [-0.05, 0) is 98.9 Å². The van der Waals surface area contributed by atoms with Crippen LogP contribution in [-0.2, 0) is 17.1 Å². The predicted molar refractivity (Wildman–Crippen MR) is 153 cm³/mol. The molecular weight excluding hydrogens is 559 g/mol. The molecule has 0 N–H and O–H groups in total. The molecule has 2 saturated carbocycles. The van der Waals surface area contributed by atoms with Crippen LogP contribution in [0.1, 0.15) is 6.92 Å². The Bertz CT molecular complexity index is 995. The van der Waals surface area contributed by atoms with Crippen LogP contribution in [0.3, 0.4) is 0 Å². The maximum Gasteiger partial charge on any atom is 2.00 e. The van der Waals surface area contributed by atoms with E-state index in [1.807, 2.05) is 87.8 Å². The van der Waals surface area contributed by atoms with E-state index in [-0.39, 0.29) is 28.9 Å². The Balaban J connectivity index is 0.000000598. The minimum Gasteiger partial charge on any atom is -0.167 e. The fraction of sp³-hybridized carbons (Fsp3) is 0.125. The van der Waals surface area contributed by atoms with E-state index < -0.39 is 21.8 Å². The summed E-state index contributed by atoms with van der Waals surface area (Å²) in [5, 5.41) is 2.84. The van der Waals surface area contributed by atoms with Crippen molar-refractivity contribution in [1.82, 2.24) is 0 Å². The largest absolute Gasteiger partial charge is 2.00 e. The van der Waals surface area contributed by atoms with Crippen molar-refractivity contribution in [2.24, 2.45) is 0 Å². The van der Waals surface area contributed by atoms with Crippen LogP contribution in [0.2, 0.25) is 0 Å². The van der Waals surface area contributed by atoms with Crippen molar-refractivity contribution < 1.29 is 30.2 Å². The van der Waals surface area contributed by atoms with Crippen molar-refractivity contribution in [3.63, 3.8) is 0 Å². The van der Waals surface area contributed by atoms with Gasteiger partial charge in [0.1, 0.15) is 0 Å². The standard InChI is InChI=1S/C27H24F3P2.C5H5.Fe/c1-21(32(24-15-7-3-8-16-24)25-17-9-4-10-18-25)26-19-11-12-22(26)20-31(27(28,29)30)23-13-5-2-6-14-23;1-2-4-5-3-1;/h2-19,21H,20H2,1H3;1-5H;/q;;+2/t21-,31-;;/m1../s1. The molecule has 5 rings (SSSR count). The topological polar surface area (TPSA) is 0 Å². The molecule has 0 spiro atoms. The van der Waals surface area contributed by atoms with Gasteiger partial charge in [0.05, 0.1) is 0 Å². The summed E-state index contributed by atoms with van der Waals surface area (Å²) in [6.45, 7) is 2.16. The summed E-state index contributed by atoms with van der Waals surface area (Å²) in [4.78, 5) is 0. The van der Waals surface area contributed by atoms with Gasteiger partial charge in [0.15, 0.2) is 0 Å². The van der Waals surface area contributed by atoms with Crippen LogP contribution in [0.4, 0.5) is 13.2 Å². The Morgan fingerprint density at radius 1 is 0.605 bits per heavy atom. The minimum atomic E-state index is -4.24. The molecule has 0 saturated heterocycles. The third-order valence-corrected chi connectivity index (χ3v) is 11.1. The Hall–Kier alpha value is -1.17. The molecule has 3 aromatic carbocycles. The molecule has 2 atom stereocenters. The van der Waals surface area contributed by atoms with Gasteiger partial charge in [-0.2, -0.15) is 13.2 Å². The smallest absolute Gasteiger partial charge is 0.167 e. The number of hydrogen-bond donors (Lipinski definition) is 0. The van der Waals surface area contributed by atoms with E-state index in [0.717, 1.165) is 11.8 Å². The quantitative estimate of drug-likeness (QED) is 0.197. The van der Waals surface area contributed by atoms with Crippen molar-refractivity contribution in [2.45, 2.75) is 18.5 Å². The zero-order valence-corrected chi connectivity index (χ0v) is 23.8. The first-order valence-corrected chi connectivity index (χ1v) is 15.1. The second-order valence-electron chi connectivity index (χ2n) is 8.58. The number of rotatable bonds is 7. The SMILES string of the molecule is C[C@H]([C]1[CH][CH][CH][C]1C[P@](c1ccccc1)C(F)(F)F)P(c1ccccc1)c1ccccc1.[CH]1[CH][CH][CH][CH]1.[Fe+2]. The molecule has 2 aliphatic rings. The second kappa shape index (κ2) is 15.6. The molecule has 0 heterocycles. The van der Waals surface area contributed by atoms with Crippen molar-refractivity contribution in [2.75, 3.05) is 6.16 Å². The third kappa shape index (κ3) is 8.66. The molecule has 0 aromatic heterocycles. The predicted octanol–water partition coefficient (Wildman–Crippen LogP) is 7.63. The first-order chi connectivity index (χ1) is 17.9. The molecule has 194 valence electrons. The van der Waals surface area contributed by atoms with E-state index in [1.165, 1.54) is 10.6 Å². The Morgan fingerprint density at radius 2 is 1.03 bits per heavy atom. The maximum atomic E-state index is 14.1. The minimum absolute atomic E-state index is 0. The molecule has 2 fully saturated rings. The zero-order valence-electron chi connectivity index (χ0n) is 20.9. The van der Waals surface area contributed by atoms with Crippen LogP contribution in [0, 0.1) is 63.2 Å². The monoisotopic (exact) mass is 588 g/mol. The van der Waals surface area contributed by atoms with E-state index in [9.17, 15) is 13.2 Å². The average Bonchev–Trinajstić information content (AvgIpc) is 3.64. The van der Waals surface area contributed by atoms with Gasteiger partial charge in [-0.15, -0.1) is 0 Å². The molecule has 0 nitrogen and oxygen atoms in total. The summed E-state index contributed by atoms with van der Waals surface area (Å²) in [6, 6.07) is 29.0. The Kier molecular flexibility index (Phi) is 12.9. The first kappa shape index (κ1) is 31.4. The fourth-order valence-electron chi connectivity index (χ4n) is 4.36. The van der Waals surface area contributed by atoms with Crippen LogP contribution in [0.25, 0.3) is 0 Å². The summed E-state index contributed by atoms with van der Waals surface area (Å²) < 4.78 is 42.2. The summed E-state index contributed by atoms with van der Waals surface area (Å²) >= 11 is 0. The number of alkyl halides is 3. The molecular formula is C32H29F3FeP2+2. The maximum absolute atomic E-state index is 14.1. The molecule has 2 aliphatic carbocycles. The van der Waals surface area contributed by atoms with E-state index >= 15 is 0 Å². The summed E-state index contributed by atoms with van der Waals surface area (Å²) in [7, 11) is -3.07. The van der Waals surface area contributed by atoms with Crippen LogP contribution < -0.4 is 15.9 Å². The van der Waals surface area contributed by atoms with E-state index in [4.69, 9.17) is 0 Å². The summed E-state index contributed by atoms with van der Waals surface area (Å²) in [5.41, 5.74) is 0.0978. The number of halogens is 3. The summed E-state index contributed by atoms with van der Waals surface area (Å²) in [6.07, 6.45) is 15.8. The third-order valence-electron chi connectivity index (χ3n) is 6.11.